The van der Waals surface area contributed by atoms with Gasteiger partial charge in [-0.1, -0.05) is 170 Å². The molecule has 0 aliphatic carbocycles. The third kappa shape index (κ3) is 7.17. The van der Waals surface area contributed by atoms with Crippen LogP contribution in [-0.2, 0) is 0 Å². The molecule has 0 saturated heterocycles. The molecule has 0 fully saturated rings. The van der Waals surface area contributed by atoms with E-state index in [-0.39, 0.29) is 0 Å². The van der Waals surface area contributed by atoms with Crippen molar-refractivity contribution in [2.24, 2.45) is 0 Å². The van der Waals surface area contributed by atoms with Crippen molar-refractivity contribution in [1.29, 1.82) is 0 Å². The average molecular weight is 707 g/mol. The van der Waals surface area contributed by atoms with Crippen LogP contribution in [0.25, 0.3) is 90.6 Å². The van der Waals surface area contributed by atoms with E-state index in [1.165, 1.54) is 0 Å². The number of rotatable bonds is 8. The molecule has 0 radical (unpaired) electrons. The largest absolute Gasteiger partial charge is 0.208 e. The molecule has 0 saturated carbocycles. The Balaban J connectivity index is 1.10. The highest BCUT2D eigenvalue weighted by atomic mass is 15.0. The number of aromatic nitrogens is 6. The molecule has 9 rings (SSSR count). The lowest BCUT2D eigenvalue weighted by molar-refractivity contribution is 1.07. The molecular formula is C49H34N6. The fraction of sp³-hybridized carbons (Fsp3) is 0.0204. The normalized spacial score (nSPS) is 11.0. The second kappa shape index (κ2) is 14.9. The van der Waals surface area contributed by atoms with E-state index in [1.54, 1.807) is 0 Å². The summed E-state index contributed by atoms with van der Waals surface area (Å²) in [5.74, 6) is 3.79. The van der Waals surface area contributed by atoms with Crippen LogP contribution >= 0.6 is 0 Å². The number of aryl methyl sites for hydroxylation is 1. The average Bonchev–Trinajstić information content (AvgIpc) is 3.27. The summed E-state index contributed by atoms with van der Waals surface area (Å²) >= 11 is 0. The molecule has 0 atom stereocenters. The van der Waals surface area contributed by atoms with Crippen molar-refractivity contribution in [1.82, 2.24) is 29.9 Å². The fourth-order valence-corrected chi connectivity index (χ4v) is 6.65. The fourth-order valence-electron chi connectivity index (χ4n) is 6.65. The van der Waals surface area contributed by atoms with Crippen LogP contribution < -0.4 is 0 Å². The minimum absolute atomic E-state index is 0.622. The van der Waals surface area contributed by atoms with Gasteiger partial charge in [-0.05, 0) is 52.9 Å². The van der Waals surface area contributed by atoms with Gasteiger partial charge in [0.15, 0.2) is 34.9 Å². The van der Waals surface area contributed by atoms with E-state index in [2.05, 4.69) is 73.7 Å². The van der Waals surface area contributed by atoms with Gasteiger partial charge in [0.05, 0.1) is 0 Å². The molecule has 0 aliphatic heterocycles. The Morgan fingerprint density at radius 2 is 0.527 bits per heavy atom. The van der Waals surface area contributed by atoms with Crippen molar-refractivity contribution < 1.29 is 0 Å². The van der Waals surface area contributed by atoms with Gasteiger partial charge in [0, 0.05) is 33.4 Å². The van der Waals surface area contributed by atoms with Crippen LogP contribution in [0.15, 0.2) is 188 Å². The number of hydrogen-bond acceptors (Lipinski definition) is 6. The van der Waals surface area contributed by atoms with Crippen LogP contribution in [-0.4, -0.2) is 29.9 Å². The molecule has 0 N–H and O–H groups in total. The van der Waals surface area contributed by atoms with Gasteiger partial charge in [0.25, 0.3) is 0 Å². The highest BCUT2D eigenvalue weighted by Gasteiger charge is 2.16. The minimum Gasteiger partial charge on any atom is -0.208 e. The lowest BCUT2D eigenvalue weighted by atomic mass is 9.94. The van der Waals surface area contributed by atoms with E-state index in [0.717, 1.165) is 61.2 Å². The summed E-state index contributed by atoms with van der Waals surface area (Å²) in [4.78, 5) is 29.6. The molecular weight excluding hydrogens is 673 g/mol. The molecule has 9 aromatic rings. The topological polar surface area (TPSA) is 77.3 Å². The molecule has 0 amide bonds. The van der Waals surface area contributed by atoms with E-state index >= 15 is 0 Å². The van der Waals surface area contributed by atoms with Crippen molar-refractivity contribution in [3.05, 3.63) is 194 Å². The van der Waals surface area contributed by atoms with Crippen LogP contribution in [0.5, 0.6) is 0 Å². The first-order chi connectivity index (χ1) is 27.1. The quantitative estimate of drug-likeness (QED) is 0.157. The van der Waals surface area contributed by atoms with Gasteiger partial charge < -0.3 is 0 Å². The van der Waals surface area contributed by atoms with Gasteiger partial charge in [0.1, 0.15) is 0 Å². The maximum Gasteiger partial charge on any atom is 0.164 e. The first-order valence-electron chi connectivity index (χ1n) is 18.2. The summed E-state index contributed by atoms with van der Waals surface area (Å²) in [5, 5.41) is 0. The van der Waals surface area contributed by atoms with Gasteiger partial charge >= 0.3 is 0 Å². The van der Waals surface area contributed by atoms with Gasteiger partial charge in [-0.2, -0.15) is 0 Å². The second-order valence-corrected chi connectivity index (χ2v) is 13.3. The van der Waals surface area contributed by atoms with Crippen LogP contribution in [0.3, 0.4) is 0 Å². The van der Waals surface area contributed by atoms with E-state index in [9.17, 15) is 0 Å². The predicted octanol–water partition coefficient (Wildman–Crippen LogP) is 11.7. The van der Waals surface area contributed by atoms with Gasteiger partial charge in [-0.25, -0.2) is 29.9 Å². The van der Waals surface area contributed by atoms with Crippen LogP contribution in [0.2, 0.25) is 0 Å². The highest BCUT2D eigenvalue weighted by molar-refractivity contribution is 5.80. The minimum atomic E-state index is 0.622. The van der Waals surface area contributed by atoms with Crippen LogP contribution in [0, 0.1) is 6.92 Å². The summed E-state index contributed by atoms with van der Waals surface area (Å²) in [6.07, 6.45) is 0. The van der Waals surface area contributed by atoms with E-state index in [0.29, 0.717) is 34.9 Å². The standard InChI is InChI=1S/C49H34N6/c1-33-28-29-42(49-54-46(36-20-10-4-11-21-36)51-47(55-49)37-22-12-5-13-23-37)32-43(33)40-26-14-24-38(30-40)39-25-15-27-41(31-39)48-52-44(34-16-6-2-7-17-34)50-45(53-48)35-18-8-3-9-19-35/h2-32H,1H3. The number of hydrogen-bond donors (Lipinski definition) is 0. The molecule has 0 spiro atoms. The Labute approximate surface area is 320 Å². The second-order valence-electron chi connectivity index (χ2n) is 13.3. The van der Waals surface area contributed by atoms with Gasteiger partial charge in [-0.3, -0.25) is 0 Å². The van der Waals surface area contributed by atoms with Crippen molar-refractivity contribution in [3.8, 4) is 90.6 Å². The smallest absolute Gasteiger partial charge is 0.164 e. The molecule has 0 bridgehead atoms. The molecule has 0 unspecified atom stereocenters. The maximum atomic E-state index is 4.98. The first kappa shape index (κ1) is 33.4. The third-order valence-corrected chi connectivity index (χ3v) is 9.52. The summed E-state index contributed by atoms with van der Waals surface area (Å²) in [6, 6.07) is 63.7. The van der Waals surface area contributed by atoms with Crippen molar-refractivity contribution in [2.75, 3.05) is 0 Å². The molecule has 0 aliphatic rings. The maximum absolute atomic E-state index is 4.98. The Bertz CT molecular complexity index is 2640. The molecule has 260 valence electrons. The summed E-state index contributed by atoms with van der Waals surface area (Å²) in [7, 11) is 0. The first-order valence-corrected chi connectivity index (χ1v) is 18.2. The molecule has 2 aromatic heterocycles. The monoisotopic (exact) mass is 706 g/mol. The summed E-state index contributed by atoms with van der Waals surface area (Å²) < 4.78 is 0. The highest BCUT2D eigenvalue weighted by Crippen LogP contribution is 2.34. The van der Waals surface area contributed by atoms with Crippen LogP contribution in [0.1, 0.15) is 5.56 Å². The number of nitrogens with zero attached hydrogens (tertiary/aromatic N) is 6. The molecule has 7 aromatic carbocycles. The lowest BCUT2D eigenvalue weighted by Gasteiger charge is -2.13. The molecule has 6 nitrogen and oxygen atoms in total. The zero-order valence-corrected chi connectivity index (χ0v) is 30.1. The Hall–Kier alpha value is -7.44. The Kier molecular flexibility index (Phi) is 9.04. The van der Waals surface area contributed by atoms with Crippen LogP contribution in [0.4, 0.5) is 0 Å². The third-order valence-electron chi connectivity index (χ3n) is 9.52. The van der Waals surface area contributed by atoms with Crippen molar-refractivity contribution >= 4 is 0 Å². The predicted molar refractivity (Wildman–Crippen MR) is 221 cm³/mol. The van der Waals surface area contributed by atoms with Crippen molar-refractivity contribution in [3.63, 3.8) is 0 Å². The lowest BCUT2D eigenvalue weighted by Crippen LogP contribution is -2.00. The van der Waals surface area contributed by atoms with Crippen molar-refractivity contribution in [2.45, 2.75) is 6.92 Å². The SMILES string of the molecule is Cc1ccc(-c2nc(-c3ccccc3)nc(-c3ccccc3)n2)cc1-c1cccc(-c2cccc(-c3nc(-c4ccccc4)nc(-c4ccccc4)n3)c2)c1. The van der Waals surface area contributed by atoms with Gasteiger partial charge in [-0.15, -0.1) is 0 Å². The summed E-state index contributed by atoms with van der Waals surface area (Å²) in [5.41, 5.74) is 11.1. The Morgan fingerprint density at radius 1 is 0.236 bits per heavy atom. The van der Waals surface area contributed by atoms with E-state index in [1.807, 2.05) is 121 Å². The van der Waals surface area contributed by atoms with E-state index < -0.39 is 0 Å². The Morgan fingerprint density at radius 3 is 0.927 bits per heavy atom. The molecule has 55 heavy (non-hydrogen) atoms. The number of benzene rings is 7. The molecule has 6 heteroatoms. The molecule has 2 heterocycles. The van der Waals surface area contributed by atoms with E-state index in [4.69, 9.17) is 29.9 Å². The van der Waals surface area contributed by atoms with Gasteiger partial charge in [0.2, 0.25) is 0 Å². The zero-order valence-electron chi connectivity index (χ0n) is 30.1. The zero-order chi connectivity index (χ0) is 37.0. The summed E-state index contributed by atoms with van der Waals surface area (Å²) in [6.45, 7) is 2.14.